The van der Waals surface area contributed by atoms with Crippen molar-refractivity contribution in [3.63, 3.8) is 0 Å². The van der Waals surface area contributed by atoms with Crippen molar-refractivity contribution in [3.05, 3.63) is 71.8 Å². The molecule has 0 aliphatic carbocycles. The topological polar surface area (TPSA) is 41.8 Å². The molecule has 2 aromatic carbocycles. The van der Waals surface area contributed by atoms with Gasteiger partial charge in [0.25, 0.3) is 0 Å². The third kappa shape index (κ3) is 2.51. The van der Waals surface area contributed by atoms with Gasteiger partial charge in [0.2, 0.25) is 5.90 Å². The van der Waals surface area contributed by atoms with Crippen LogP contribution in [0.4, 0.5) is 0 Å². The van der Waals surface area contributed by atoms with Crippen LogP contribution < -0.4 is 0 Å². The summed E-state index contributed by atoms with van der Waals surface area (Å²) in [6.45, 7) is 0.365. The van der Waals surface area contributed by atoms with E-state index in [-0.39, 0.29) is 6.10 Å². The maximum atomic E-state index is 10.1. The van der Waals surface area contributed by atoms with Crippen molar-refractivity contribution in [1.29, 1.82) is 0 Å². The Morgan fingerprint density at radius 3 is 2.26 bits per heavy atom. The summed E-state index contributed by atoms with van der Waals surface area (Å²) in [5.74, 6) is 0.597. The van der Waals surface area contributed by atoms with Crippen LogP contribution in [0.15, 0.2) is 65.7 Å². The van der Waals surface area contributed by atoms with Crippen LogP contribution in [0.2, 0.25) is 0 Å². The molecule has 1 heterocycles. The summed E-state index contributed by atoms with van der Waals surface area (Å²) in [6, 6.07) is 19.5. The fourth-order valence-corrected chi connectivity index (χ4v) is 2.18. The van der Waals surface area contributed by atoms with Crippen molar-refractivity contribution in [2.24, 2.45) is 4.99 Å². The second-order valence-corrected chi connectivity index (χ2v) is 4.53. The van der Waals surface area contributed by atoms with Gasteiger partial charge in [0.1, 0.15) is 6.10 Å². The van der Waals surface area contributed by atoms with Crippen LogP contribution in [-0.2, 0) is 4.74 Å². The lowest BCUT2D eigenvalue weighted by Gasteiger charge is -2.28. The molecular weight excluding hydrogens is 238 g/mol. The molecule has 19 heavy (non-hydrogen) atoms. The SMILES string of the molecule is O[C@@H]1CN=C(c2ccccc2)O[C@@H]1c1ccccc1. The fourth-order valence-electron chi connectivity index (χ4n) is 2.18. The van der Waals surface area contributed by atoms with Gasteiger partial charge in [-0.05, 0) is 17.7 Å². The van der Waals surface area contributed by atoms with Crippen molar-refractivity contribution in [2.75, 3.05) is 6.54 Å². The lowest BCUT2D eigenvalue weighted by atomic mass is 10.0. The van der Waals surface area contributed by atoms with E-state index in [2.05, 4.69) is 4.99 Å². The van der Waals surface area contributed by atoms with Crippen LogP contribution in [0.25, 0.3) is 0 Å². The predicted molar refractivity (Wildman–Crippen MR) is 74.1 cm³/mol. The van der Waals surface area contributed by atoms with E-state index in [1.54, 1.807) is 0 Å². The number of rotatable bonds is 2. The Morgan fingerprint density at radius 2 is 1.58 bits per heavy atom. The van der Waals surface area contributed by atoms with E-state index in [9.17, 15) is 5.11 Å². The van der Waals surface area contributed by atoms with Gasteiger partial charge < -0.3 is 9.84 Å². The Balaban J connectivity index is 1.88. The molecular formula is C16H15NO2. The summed E-state index contributed by atoms with van der Waals surface area (Å²) in [5, 5.41) is 10.1. The quantitative estimate of drug-likeness (QED) is 0.893. The van der Waals surface area contributed by atoms with E-state index in [1.165, 1.54) is 0 Å². The van der Waals surface area contributed by atoms with Crippen molar-refractivity contribution in [3.8, 4) is 0 Å². The molecule has 1 aliphatic rings. The molecule has 0 aromatic heterocycles. The van der Waals surface area contributed by atoms with E-state index in [0.717, 1.165) is 11.1 Å². The molecule has 0 fully saturated rings. The van der Waals surface area contributed by atoms with Gasteiger partial charge in [-0.2, -0.15) is 0 Å². The number of ether oxygens (including phenoxy) is 1. The number of hydrogen-bond donors (Lipinski definition) is 1. The number of aliphatic hydroxyl groups excluding tert-OH is 1. The molecule has 0 unspecified atom stereocenters. The first kappa shape index (κ1) is 11.9. The molecule has 3 rings (SSSR count). The number of hydrogen-bond acceptors (Lipinski definition) is 3. The largest absolute Gasteiger partial charge is 0.466 e. The number of benzene rings is 2. The second kappa shape index (κ2) is 5.24. The molecule has 2 aromatic rings. The van der Waals surface area contributed by atoms with Crippen LogP contribution in [0, 0.1) is 0 Å². The Labute approximate surface area is 112 Å². The maximum absolute atomic E-state index is 10.1. The van der Waals surface area contributed by atoms with Gasteiger partial charge in [0, 0.05) is 5.56 Å². The maximum Gasteiger partial charge on any atom is 0.216 e. The van der Waals surface area contributed by atoms with Gasteiger partial charge in [-0.3, -0.25) is 0 Å². The molecule has 3 nitrogen and oxygen atoms in total. The summed E-state index contributed by atoms with van der Waals surface area (Å²) in [4.78, 5) is 4.30. The smallest absolute Gasteiger partial charge is 0.216 e. The summed E-state index contributed by atoms with van der Waals surface area (Å²) >= 11 is 0. The van der Waals surface area contributed by atoms with Crippen molar-refractivity contribution >= 4 is 5.90 Å². The third-order valence-corrected chi connectivity index (χ3v) is 3.16. The van der Waals surface area contributed by atoms with Gasteiger partial charge in [0.05, 0.1) is 6.54 Å². The molecule has 0 saturated heterocycles. The minimum Gasteiger partial charge on any atom is -0.466 e. The highest BCUT2D eigenvalue weighted by molar-refractivity contribution is 5.94. The Kier molecular flexibility index (Phi) is 3.29. The first-order valence-electron chi connectivity index (χ1n) is 6.34. The van der Waals surface area contributed by atoms with Crippen LogP contribution in [-0.4, -0.2) is 23.7 Å². The first-order valence-corrected chi connectivity index (χ1v) is 6.34. The standard InChI is InChI=1S/C16H15NO2/c18-14-11-17-16(13-9-5-2-6-10-13)19-15(14)12-7-3-1-4-8-12/h1-10,14-15,18H,11H2/t14-,15-/m1/s1. The zero-order chi connectivity index (χ0) is 13.1. The van der Waals surface area contributed by atoms with Crippen LogP contribution >= 0.6 is 0 Å². The minimum atomic E-state index is -0.602. The Bertz CT molecular complexity index is 566. The van der Waals surface area contributed by atoms with Gasteiger partial charge >= 0.3 is 0 Å². The molecule has 2 atom stereocenters. The minimum absolute atomic E-state index is 0.353. The summed E-state index contributed by atoms with van der Waals surface area (Å²) < 4.78 is 5.87. The lowest BCUT2D eigenvalue weighted by molar-refractivity contribution is 0.0217. The summed E-state index contributed by atoms with van der Waals surface area (Å²) in [7, 11) is 0. The number of nitrogens with zero attached hydrogens (tertiary/aromatic N) is 1. The highest BCUT2D eigenvalue weighted by Gasteiger charge is 2.28. The van der Waals surface area contributed by atoms with Crippen LogP contribution in [0.5, 0.6) is 0 Å². The molecule has 0 radical (unpaired) electrons. The van der Waals surface area contributed by atoms with Gasteiger partial charge in [-0.25, -0.2) is 4.99 Å². The van der Waals surface area contributed by atoms with Gasteiger partial charge in [0.15, 0.2) is 6.10 Å². The molecule has 0 amide bonds. The molecule has 96 valence electrons. The molecule has 0 bridgehead atoms. The van der Waals surface area contributed by atoms with E-state index in [0.29, 0.717) is 12.4 Å². The zero-order valence-corrected chi connectivity index (χ0v) is 10.4. The number of aliphatic hydroxyl groups is 1. The molecule has 0 saturated carbocycles. The van der Waals surface area contributed by atoms with E-state index in [1.807, 2.05) is 60.7 Å². The number of aliphatic imine (C=N–C) groups is 1. The van der Waals surface area contributed by atoms with Crippen molar-refractivity contribution in [2.45, 2.75) is 12.2 Å². The van der Waals surface area contributed by atoms with Gasteiger partial charge in [-0.15, -0.1) is 0 Å². The van der Waals surface area contributed by atoms with Gasteiger partial charge in [-0.1, -0.05) is 48.5 Å². The highest BCUT2D eigenvalue weighted by Crippen LogP contribution is 2.26. The Hall–Kier alpha value is -2.13. The van der Waals surface area contributed by atoms with E-state index < -0.39 is 6.10 Å². The fraction of sp³-hybridized carbons (Fsp3) is 0.188. The third-order valence-electron chi connectivity index (χ3n) is 3.16. The molecule has 1 N–H and O–H groups in total. The molecule has 0 spiro atoms. The molecule has 3 heteroatoms. The summed E-state index contributed by atoms with van der Waals surface area (Å²) in [6.07, 6.45) is -0.955. The highest BCUT2D eigenvalue weighted by atomic mass is 16.5. The average Bonchev–Trinajstić information content (AvgIpc) is 2.49. The van der Waals surface area contributed by atoms with Crippen LogP contribution in [0.1, 0.15) is 17.2 Å². The van der Waals surface area contributed by atoms with Crippen molar-refractivity contribution < 1.29 is 9.84 Å². The summed E-state index contributed by atoms with van der Waals surface area (Å²) in [5.41, 5.74) is 1.91. The Morgan fingerprint density at radius 1 is 0.947 bits per heavy atom. The lowest BCUT2D eigenvalue weighted by Crippen LogP contribution is -2.31. The van der Waals surface area contributed by atoms with E-state index >= 15 is 0 Å². The van der Waals surface area contributed by atoms with Crippen molar-refractivity contribution in [1.82, 2.24) is 0 Å². The zero-order valence-electron chi connectivity index (χ0n) is 10.4. The van der Waals surface area contributed by atoms with Crippen LogP contribution in [0.3, 0.4) is 0 Å². The second-order valence-electron chi connectivity index (χ2n) is 4.53. The first-order chi connectivity index (χ1) is 9.34. The molecule has 1 aliphatic heterocycles. The van der Waals surface area contributed by atoms with E-state index in [4.69, 9.17) is 4.74 Å². The predicted octanol–water partition coefficient (Wildman–Crippen LogP) is 2.57. The normalized spacial score (nSPS) is 22.5. The average molecular weight is 253 g/mol. The monoisotopic (exact) mass is 253 g/mol.